The number of carbonyl (C=O) groups excluding carboxylic acids is 1. The van der Waals surface area contributed by atoms with Gasteiger partial charge in [-0.15, -0.1) is 0 Å². The SMILES string of the molecule is O=C(c1ccc(Cl)cc1)c1ccc(Cl)c(Cl)c1. The minimum atomic E-state index is -0.111. The first-order valence-corrected chi connectivity index (χ1v) is 5.96. The molecule has 0 bridgehead atoms. The first-order valence-electron chi connectivity index (χ1n) is 4.83. The predicted octanol–water partition coefficient (Wildman–Crippen LogP) is 4.88. The van der Waals surface area contributed by atoms with Crippen molar-refractivity contribution in [3.05, 3.63) is 68.7 Å². The highest BCUT2D eigenvalue weighted by atomic mass is 35.5. The smallest absolute Gasteiger partial charge is 0.193 e. The third kappa shape index (κ3) is 2.81. The zero-order valence-corrected chi connectivity index (χ0v) is 10.9. The molecule has 0 fully saturated rings. The molecule has 0 spiro atoms. The molecule has 2 rings (SSSR count). The molecular weight excluding hydrogens is 279 g/mol. The summed E-state index contributed by atoms with van der Waals surface area (Å²) in [6, 6.07) is 11.5. The summed E-state index contributed by atoms with van der Waals surface area (Å²) in [6.45, 7) is 0. The molecule has 0 saturated carbocycles. The maximum atomic E-state index is 12.1. The Kier molecular flexibility index (Phi) is 3.72. The van der Waals surface area contributed by atoms with Crippen molar-refractivity contribution < 1.29 is 4.79 Å². The van der Waals surface area contributed by atoms with Gasteiger partial charge in [0.05, 0.1) is 10.0 Å². The van der Waals surface area contributed by atoms with Crippen LogP contribution < -0.4 is 0 Å². The standard InChI is InChI=1S/C13H7Cl3O/c14-10-4-1-8(2-5-10)13(17)9-3-6-11(15)12(16)7-9/h1-7H. The summed E-state index contributed by atoms with van der Waals surface area (Å²) in [5, 5.41) is 1.39. The van der Waals surface area contributed by atoms with E-state index in [-0.39, 0.29) is 5.78 Å². The lowest BCUT2D eigenvalue weighted by molar-refractivity contribution is 0.103. The normalized spacial score (nSPS) is 10.3. The summed E-state index contributed by atoms with van der Waals surface area (Å²) in [6.07, 6.45) is 0. The third-order valence-corrected chi connectivity index (χ3v) is 3.28. The van der Waals surface area contributed by atoms with Crippen molar-refractivity contribution in [2.45, 2.75) is 0 Å². The molecule has 2 aromatic carbocycles. The quantitative estimate of drug-likeness (QED) is 0.719. The molecule has 0 saturated heterocycles. The first kappa shape index (κ1) is 12.4. The Morgan fingerprint density at radius 2 is 1.35 bits per heavy atom. The fraction of sp³-hybridized carbons (Fsp3) is 0. The van der Waals surface area contributed by atoms with Gasteiger partial charge >= 0.3 is 0 Å². The summed E-state index contributed by atoms with van der Waals surface area (Å²) in [5.74, 6) is -0.111. The Bertz CT molecular complexity index is 561. The van der Waals surface area contributed by atoms with Crippen molar-refractivity contribution in [2.24, 2.45) is 0 Å². The number of halogens is 3. The average Bonchev–Trinajstić information content (AvgIpc) is 2.33. The second kappa shape index (κ2) is 5.09. The third-order valence-electron chi connectivity index (χ3n) is 2.29. The lowest BCUT2D eigenvalue weighted by Crippen LogP contribution is -2.00. The van der Waals surface area contributed by atoms with Gasteiger partial charge in [-0.3, -0.25) is 4.79 Å². The number of hydrogen-bond acceptors (Lipinski definition) is 1. The zero-order chi connectivity index (χ0) is 12.4. The van der Waals surface area contributed by atoms with Crippen molar-refractivity contribution >= 4 is 40.6 Å². The summed E-state index contributed by atoms with van der Waals surface area (Å²) in [7, 11) is 0. The van der Waals surface area contributed by atoms with Crippen LogP contribution in [0.4, 0.5) is 0 Å². The minimum Gasteiger partial charge on any atom is -0.289 e. The molecule has 4 heteroatoms. The van der Waals surface area contributed by atoms with Gasteiger partial charge in [-0.25, -0.2) is 0 Å². The van der Waals surface area contributed by atoms with E-state index < -0.39 is 0 Å². The fourth-order valence-corrected chi connectivity index (χ4v) is 1.83. The molecule has 0 N–H and O–H groups in total. The number of benzene rings is 2. The number of hydrogen-bond donors (Lipinski definition) is 0. The van der Waals surface area contributed by atoms with Gasteiger partial charge in [0.2, 0.25) is 0 Å². The first-order chi connectivity index (χ1) is 8.08. The van der Waals surface area contributed by atoms with Gasteiger partial charge in [0, 0.05) is 16.1 Å². The fourth-order valence-electron chi connectivity index (χ4n) is 1.41. The topological polar surface area (TPSA) is 17.1 Å². The highest BCUT2D eigenvalue weighted by Crippen LogP contribution is 2.24. The molecule has 2 aromatic rings. The molecule has 0 unspecified atom stereocenters. The molecule has 0 atom stereocenters. The Morgan fingerprint density at radius 3 is 1.94 bits per heavy atom. The van der Waals surface area contributed by atoms with Crippen molar-refractivity contribution in [3.63, 3.8) is 0 Å². The van der Waals surface area contributed by atoms with Crippen LogP contribution in [0, 0.1) is 0 Å². The molecule has 0 aliphatic rings. The second-order valence-corrected chi connectivity index (χ2v) is 4.72. The molecule has 0 amide bonds. The van der Waals surface area contributed by atoms with Crippen LogP contribution in [0.1, 0.15) is 15.9 Å². The number of rotatable bonds is 2. The second-order valence-electron chi connectivity index (χ2n) is 3.46. The highest BCUT2D eigenvalue weighted by molar-refractivity contribution is 6.42. The molecule has 1 nitrogen and oxygen atoms in total. The van der Waals surface area contributed by atoms with Crippen LogP contribution >= 0.6 is 34.8 Å². The summed E-state index contributed by atoms with van der Waals surface area (Å²) < 4.78 is 0. The summed E-state index contributed by atoms with van der Waals surface area (Å²) in [5.41, 5.74) is 1.06. The van der Waals surface area contributed by atoms with E-state index in [0.29, 0.717) is 26.2 Å². The van der Waals surface area contributed by atoms with Crippen LogP contribution in [0.3, 0.4) is 0 Å². The van der Waals surface area contributed by atoms with E-state index in [1.54, 1.807) is 42.5 Å². The van der Waals surface area contributed by atoms with Crippen molar-refractivity contribution in [2.75, 3.05) is 0 Å². The Balaban J connectivity index is 2.37. The van der Waals surface area contributed by atoms with Gasteiger partial charge < -0.3 is 0 Å². The maximum absolute atomic E-state index is 12.1. The van der Waals surface area contributed by atoms with E-state index in [1.807, 2.05) is 0 Å². The van der Waals surface area contributed by atoms with E-state index >= 15 is 0 Å². The van der Waals surface area contributed by atoms with Crippen LogP contribution in [0.15, 0.2) is 42.5 Å². The van der Waals surface area contributed by atoms with E-state index in [9.17, 15) is 4.79 Å². The van der Waals surface area contributed by atoms with E-state index in [0.717, 1.165) is 0 Å². The van der Waals surface area contributed by atoms with E-state index in [1.165, 1.54) is 0 Å². The molecule has 17 heavy (non-hydrogen) atoms. The van der Waals surface area contributed by atoms with Gasteiger partial charge in [0.15, 0.2) is 5.78 Å². The van der Waals surface area contributed by atoms with Crippen LogP contribution in [-0.4, -0.2) is 5.78 Å². The number of ketones is 1. The molecule has 86 valence electrons. The van der Waals surface area contributed by atoms with Gasteiger partial charge in [-0.05, 0) is 42.5 Å². The van der Waals surface area contributed by atoms with Crippen molar-refractivity contribution in [1.82, 2.24) is 0 Å². The lowest BCUT2D eigenvalue weighted by atomic mass is 10.0. The van der Waals surface area contributed by atoms with Crippen molar-refractivity contribution in [3.8, 4) is 0 Å². The number of carbonyl (C=O) groups is 1. The Morgan fingerprint density at radius 1 is 0.765 bits per heavy atom. The maximum Gasteiger partial charge on any atom is 0.193 e. The van der Waals surface area contributed by atoms with Gasteiger partial charge in [0.1, 0.15) is 0 Å². The van der Waals surface area contributed by atoms with Gasteiger partial charge in [-0.2, -0.15) is 0 Å². The highest BCUT2D eigenvalue weighted by Gasteiger charge is 2.10. The molecule has 0 heterocycles. The Labute approximate surface area is 114 Å². The van der Waals surface area contributed by atoms with Crippen LogP contribution in [0.2, 0.25) is 15.1 Å². The van der Waals surface area contributed by atoms with Gasteiger partial charge in [-0.1, -0.05) is 34.8 Å². The molecular formula is C13H7Cl3O. The lowest BCUT2D eigenvalue weighted by Gasteiger charge is -2.03. The monoisotopic (exact) mass is 284 g/mol. The summed E-state index contributed by atoms with van der Waals surface area (Å²) >= 11 is 17.4. The predicted molar refractivity (Wildman–Crippen MR) is 71.3 cm³/mol. The van der Waals surface area contributed by atoms with Crippen LogP contribution in [-0.2, 0) is 0 Å². The average molecular weight is 286 g/mol. The van der Waals surface area contributed by atoms with E-state index in [2.05, 4.69) is 0 Å². The molecule has 0 aliphatic carbocycles. The van der Waals surface area contributed by atoms with E-state index in [4.69, 9.17) is 34.8 Å². The molecule has 0 radical (unpaired) electrons. The molecule has 0 aliphatic heterocycles. The minimum absolute atomic E-state index is 0.111. The molecule has 0 aromatic heterocycles. The summed E-state index contributed by atoms with van der Waals surface area (Å²) in [4.78, 5) is 12.1. The van der Waals surface area contributed by atoms with Crippen LogP contribution in [0.25, 0.3) is 0 Å². The van der Waals surface area contributed by atoms with Crippen molar-refractivity contribution in [1.29, 1.82) is 0 Å². The van der Waals surface area contributed by atoms with Gasteiger partial charge in [0.25, 0.3) is 0 Å². The van der Waals surface area contributed by atoms with Crippen LogP contribution in [0.5, 0.6) is 0 Å². The largest absolute Gasteiger partial charge is 0.289 e. The Hall–Kier alpha value is -1.02. The zero-order valence-electron chi connectivity index (χ0n) is 8.58.